The molecule has 0 radical (unpaired) electrons. The lowest BCUT2D eigenvalue weighted by Gasteiger charge is -2.22. The third-order valence-corrected chi connectivity index (χ3v) is 4.12. The molecule has 5 heteroatoms. The van der Waals surface area contributed by atoms with Crippen molar-refractivity contribution in [3.63, 3.8) is 0 Å². The first-order chi connectivity index (χ1) is 11.1. The smallest absolute Gasteiger partial charge is 0.194 e. The zero-order valence-corrected chi connectivity index (χ0v) is 14.8. The van der Waals surface area contributed by atoms with Crippen molar-refractivity contribution >= 4 is 17.6 Å². The van der Waals surface area contributed by atoms with E-state index in [2.05, 4.69) is 60.2 Å². The van der Waals surface area contributed by atoms with Gasteiger partial charge in [-0.2, -0.15) is 0 Å². The molecule has 2 rings (SSSR count). The number of rotatable bonds is 6. The number of aliphatic imine (C=N–C) groups is 1. The molecule has 0 atom stereocenters. The predicted molar refractivity (Wildman–Crippen MR) is 98.0 cm³/mol. The summed E-state index contributed by atoms with van der Waals surface area (Å²) in [6.07, 6.45) is 2.90. The molecule has 1 N–H and O–H groups in total. The molecule has 1 aromatic carbocycles. The van der Waals surface area contributed by atoms with Gasteiger partial charge in [0, 0.05) is 44.1 Å². The highest BCUT2D eigenvalue weighted by molar-refractivity contribution is 6.31. The Morgan fingerprint density at radius 2 is 2.04 bits per heavy atom. The van der Waals surface area contributed by atoms with Gasteiger partial charge in [-0.25, -0.2) is 0 Å². The fraction of sp³-hybridized carbons (Fsp3) is 0.389. The van der Waals surface area contributed by atoms with Crippen molar-refractivity contribution in [2.45, 2.75) is 19.9 Å². The van der Waals surface area contributed by atoms with Crippen LogP contribution < -0.4 is 5.32 Å². The second kappa shape index (κ2) is 8.63. The Bertz CT molecular complexity index is 648. The second-order valence-electron chi connectivity index (χ2n) is 5.54. The number of aromatic nitrogens is 1. The summed E-state index contributed by atoms with van der Waals surface area (Å²) in [5.74, 6) is 0.917. The number of aryl methyl sites for hydroxylation is 1. The molecule has 0 unspecified atom stereocenters. The molecule has 23 heavy (non-hydrogen) atoms. The zero-order valence-electron chi connectivity index (χ0n) is 14.1. The summed E-state index contributed by atoms with van der Waals surface area (Å²) in [5.41, 5.74) is 2.39. The van der Waals surface area contributed by atoms with E-state index in [1.165, 1.54) is 5.69 Å². The Morgan fingerprint density at radius 1 is 1.26 bits per heavy atom. The predicted octanol–water partition coefficient (Wildman–Crippen LogP) is 3.32. The number of halogens is 1. The Balaban J connectivity index is 1.99. The first kappa shape index (κ1) is 17.4. The van der Waals surface area contributed by atoms with Gasteiger partial charge in [0.1, 0.15) is 0 Å². The highest BCUT2D eigenvalue weighted by atomic mass is 35.5. The van der Waals surface area contributed by atoms with Gasteiger partial charge in [-0.3, -0.25) is 4.99 Å². The molecule has 2 aromatic rings. The van der Waals surface area contributed by atoms with Crippen molar-refractivity contribution in [2.75, 3.05) is 20.1 Å². The van der Waals surface area contributed by atoms with Crippen LogP contribution in [-0.2, 0) is 20.0 Å². The maximum Gasteiger partial charge on any atom is 0.194 e. The summed E-state index contributed by atoms with van der Waals surface area (Å²) < 4.78 is 2.13. The fourth-order valence-corrected chi connectivity index (χ4v) is 2.66. The quantitative estimate of drug-likeness (QED) is 0.650. The van der Waals surface area contributed by atoms with Crippen molar-refractivity contribution in [1.82, 2.24) is 14.8 Å². The molecule has 1 aromatic heterocycles. The van der Waals surface area contributed by atoms with Crippen LogP contribution in [0.5, 0.6) is 0 Å². The van der Waals surface area contributed by atoms with Crippen LogP contribution in [0.1, 0.15) is 18.2 Å². The first-order valence-electron chi connectivity index (χ1n) is 7.95. The van der Waals surface area contributed by atoms with E-state index in [1.54, 1.807) is 0 Å². The summed E-state index contributed by atoms with van der Waals surface area (Å²) in [5, 5.41) is 4.16. The summed E-state index contributed by atoms with van der Waals surface area (Å²) in [7, 11) is 4.12. The molecule has 0 aliphatic heterocycles. The van der Waals surface area contributed by atoms with E-state index in [0.717, 1.165) is 36.1 Å². The van der Waals surface area contributed by atoms with Crippen LogP contribution in [0.25, 0.3) is 0 Å². The van der Waals surface area contributed by atoms with E-state index < -0.39 is 0 Å². The van der Waals surface area contributed by atoms with Gasteiger partial charge in [0.15, 0.2) is 5.96 Å². The molecular weight excluding hydrogens is 308 g/mol. The maximum absolute atomic E-state index is 6.20. The van der Waals surface area contributed by atoms with Gasteiger partial charge >= 0.3 is 0 Å². The van der Waals surface area contributed by atoms with Crippen molar-refractivity contribution in [3.05, 3.63) is 58.9 Å². The molecule has 0 aliphatic carbocycles. The summed E-state index contributed by atoms with van der Waals surface area (Å²) in [4.78, 5) is 6.87. The molecule has 1 heterocycles. The number of benzene rings is 1. The van der Waals surface area contributed by atoms with Crippen LogP contribution in [0.4, 0.5) is 0 Å². The first-order valence-corrected chi connectivity index (χ1v) is 8.32. The Kier molecular flexibility index (Phi) is 6.53. The van der Waals surface area contributed by atoms with E-state index in [4.69, 9.17) is 16.6 Å². The molecule has 0 bridgehead atoms. The van der Waals surface area contributed by atoms with Crippen molar-refractivity contribution in [2.24, 2.45) is 12.0 Å². The highest BCUT2D eigenvalue weighted by Crippen LogP contribution is 2.15. The van der Waals surface area contributed by atoms with Crippen molar-refractivity contribution in [1.29, 1.82) is 0 Å². The minimum absolute atomic E-state index is 0.712. The van der Waals surface area contributed by atoms with Crippen LogP contribution in [0, 0.1) is 0 Å². The molecule has 4 nitrogen and oxygen atoms in total. The average molecular weight is 333 g/mol. The van der Waals surface area contributed by atoms with E-state index in [0.29, 0.717) is 6.54 Å². The third-order valence-electron chi connectivity index (χ3n) is 3.75. The van der Waals surface area contributed by atoms with Gasteiger partial charge < -0.3 is 14.8 Å². The van der Waals surface area contributed by atoms with Gasteiger partial charge in [0.05, 0.1) is 6.54 Å². The number of hydrogen-bond donors (Lipinski definition) is 1. The normalized spacial score (nSPS) is 11.6. The van der Waals surface area contributed by atoms with Crippen molar-refractivity contribution in [3.8, 4) is 0 Å². The monoisotopic (exact) mass is 332 g/mol. The van der Waals surface area contributed by atoms with E-state index in [1.807, 2.05) is 18.2 Å². The second-order valence-corrected chi connectivity index (χ2v) is 5.95. The topological polar surface area (TPSA) is 32.6 Å². The third kappa shape index (κ3) is 5.03. The number of nitrogens with one attached hydrogen (secondary N) is 1. The summed E-state index contributed by atoms with van der Waals surface area (Å²) in [6, 6.07) is 12.1. The Hall–Kier alpha value is -1.94. The minimum atomic E-state index is 0.712. The molecular formula is C18H25ClN4. The minimum Gasteiger partial charge on any atom is -0.357 e. The lowest BCUT2D eigenvalue weighted by Crippen LogP contribution is -2.39. The van der Waals surface area contributed by atoms with Gasteiger partial charge in [-0.05, 0) is 37.1 Å². The molecule has 0 saturated heterocycles. The summed E-state index contributed by atoms with van der Waals surface area (Å²) >= 11 is 6.20. The molecule has 0 fully saturated rings. The van der Waals surface area contributed by atoms with E-state index in [9.17, 15) is 0 Å². The molecule has 124 valence electrons. The maximum atomic E-state index is 6.20. The van der Waals surface area contributed by atoms with Crippen LogP contribution in [-0.4, -0.2) is 35.6 Å². The fourth-order valence-electron chi connectivity index (χ4n) is 2.43. The van der Waals surface area contributed by atoms with Gasteiger partial charge in [0.25, 0.3) is 0 Å². The molecule has 0 amide bonds. The lowest BCUT2D eigenvalue weighted by molar-refractivity contribution is 0.462. The molecule has 0 spiro atoms. The molecule has 0 aliphatic rings. The number of guanidine groups is 1. The SMILES string of the molecule is CCNC(=NCCc1ccccc1Cl)N(C)Cc1cccn1C. The van der Waals surface area contributed by atoms with Crippen LogP contribution >= 0.6 is 11.6 Å². The lowest BCUT2D eigenvalue weighted by atomic mass is 10.1. The molecule has 0 saturated carbocycles. The van der Waals surface area contributed by atoms with Crippen LogP contribution in [0.15, 0.2) is 47.6 Å². The Labute approximate surface area is 143 Å². The largest absolute Gasteiger partial charge is 0.357 e. The summed E-state index contributed by atoms with van der Waals surface area (Å²) in [6.45, 7) is 4.47. The standard InChI is InChI=1S/C18H25ClN4/c1-4-20-18(23(3)14-16-9-7-13-22(16)2)21-12-11-15-8-5-6-10-17(15)19/h5-10,13H,4,11-12,14H2,1-3H3,(H,20,21). The van der Waals surface area contributed by atoms with Crippen molar-refractivity contribution < 1.29 is 0 Å². The number of hydrogen-bond acceptors (Lipinski definition) is 1. The van der Waals surface area contributed by atoms with Gasteiger partial charge in [-0.15, -0.1) is 0 Å². The van der Waals surface area contributed by atoms with Gasteiger partial charge in [0.2, 0.25) is 0 Å². The van der Waals surface area contributed by atoms with E-state index in [-0.39, 0.29) is 0 Å². The highest BCUT2D eigenvalue weighted by Gasteiger charge is 2.08. The van der Waals surface area contributed by atoms with Crippen LogP contribution in [0.2, 0.25) is 5.02 Å². The Morgan fingerprint density at radius 3 is 2.70 bits per heavy atom. The number of nitrogens with zero attached hydrogens (tertiary/aromatic N) is 3. The van der Waals surface area contributed by atoms with E-state index >= 15 is 0 Å². The van der Waals surface area contributed by atoms with Crippen LogP contribution in [0.3, 0.4) is 0 Å². The zero-order chi connectivity index (χ0) is 16.7. The average Bonchev–Trinajstić information content (AvgIpc) is 2.93. The van der Waals surface area contributed by atoms with Gasteiger partial charge in [-0.1, -0.05) is 29.8 Å².